The molecule has 0 spiro atoms. The van der Waals surface area contributed by atoms with Gasteiger partial charge in [-0.25, -0.2) is 0 Å². The number of hydrogen-bond donors (Lipinski definition) is 0. The topological polar surface area (TPSA) is 0 Å². The zero-order chi connectivity index (χ0) is 18.5. The molecule has 2 aliphatic carbocycles. The molecular weight excluding hydrogens is 462 g/mol. The van der Waals surface area contributed by atoms with E-state index < -0.39 is 22.8 Å². The van der Waals surface area contributed by atoms with Gasteiger partial charge in [0.1, 0.15) is 0 Å². The van der Waals surface area contributed by atoms with Crippen LogP contribution in [0, 0.1) is 0 Å². The van der Waals surface area contributed by atoms with Crippen LogP contribution in [0.1, 0.15) is 63.3 Å². The summed E-state index contributed by atoms with van der Waals surface area (Å²) in [6.07, 6.45) is 9.10. The predicted molar refractivity (Wildman–Crippen MR) is 111 cm³/mol. The summed E-state index contributed by atoms with van der Waals surface area (Å²) in [5.41, 5.74) is 10.9. The third-order valence-corrected chi connectivity index (χ3v) is 8.58. The van der Waals surface area contributed by atoms with Crippen LogP contribution in [0.5, 0.6) is 0 Å². The summed E-state index contributed by atoms with van der Waals surface area (Å²) in [5.74, 6) is 0. The second-order valence-corrected chi connectivity index (χ2v) is 13.0. The van der Waals surface area contributed by atoms with E-state index in [9.17, 15) is 0 Å². The maximum absolute atomic E-state index is 2.53. The fourth-order valence-electron chi connectivity index (χ4n) is 4.22. The molecule has 0 unspecified atom stereocenters. The SMILES string of the molecule is C[C](C)=[Zr+2][c]1c2c(cc(C(C)(C)C)c1C1=CC=CC1)-c1ccccc1C2.[Cl-].[Cl-]. The van der Waals surface area contributed by atoms with E-state index in [0.29, 0.717) is 0 Å². The Balaban J connectivity index is 0.00000140. The maximum atomic E-state index is 2.53. The van der Waals surface area contributed by atoms with E-state index in [2.05, 4.69) is 83.2 Å². The predicted octanol–water partition coefficient (Wildman–Crippen LogP) is -0.173. The second kappa shape index (κ2) is 8.95. The molecule has 2 aliphatic rings. The summed E-state index contributed by atoms with van der Waals surface area (Å²) in [6, 6.07) is 11.6. The van der Waals surface area contributed by atoms with Crippen LogP contribution < -0.4 is 28.1 Å². The first-order valence-corrected chi connectivity index (χ1v) is 12.0. The van der Waals surface area contributed by atoms with Crippen molar-refractivity contribution in [3.63, 3.8) is 0 Å². The smallest absolute Gasteiger partial charge is 1.00 e. The monoisotopic (exact) mass is 487 g/mol. The molecule has 0 atom stereocenters. The van der Waals surface area contributed by atoms with E-state index in [4.69, 9.17) is 0 Å². The molecular formula is C25H27Cl2Zr. The molecule has 145 valence electrons. The van der Waals surface area contributed by atoms with Crippen molar-refractivity contribution in [1.29, 1.82) is 0 Å². The maximum Gasteiger partial charge on any atom is -1.00 e. The summed E-state index contributed by atoms with van der Waals surface area (Å²) in [4.78, 5) is 0. The molecule has 0 saturated heterocycles. The molecule has 2 aromatic rings. The summed E-state index contributed by atoms with van der Waals surface area (Å²) < 4.78 is 3.40. The molecule has 0 amide bonds. The van der Waals surface area contributed by atoms with Gasteiger partial charge in [-0.1, -0.05) is 0 Å². The van der Waals surface area contributed by atoms with Gasteiger partial charge >= 0.3 is 170 Å². The van der Waals surface area contributed by atoms with Crippen molar-refractivity contribution < 1.29 is 47.6 Å². The minimum absolute atomic E-state index is 0. The van der Waals surface area contributed by atoms with Crippen LogP contribution in [-0.2, 0) is 34.6 Å². The van der Waals surface area contributed by atoms with Crippen molar-refractivity contribution in [2.24, 2.45) is 0 Å². The molecule has 0 aliphatic heterocycles. The van der Waals surface area contributed by atoms with Crippen LogP contribution in [0.4, 0.5) is 0 Å². The van der Waals surface area contributed by atoms with Crippen molar-refractivity contribution in [3.8, 4) is 11.1 Å². The fraction of sp³-hybridized carbons (Fsp3) is 0.320. The number of halogens is 2. The molecule has 0 radical (unpaired) electrons. The van der Waals surface area contributed by atoms with Crippen LogP contribution >= 0.6 is 0 Å². The van der Waals surface area contributed by atoms with Crippen LogP contribution in [0.25, 0.3) is 16.7 Å². The summed E-state index contributed by atoms with van der Waals surface area (Å²) in [6.45, 7) is 11.8. The Labute approximate surface area is 193 Å². The van der Waals surface area contributed by atoms with E-state index >= 15 is 0 Å². The van der Waals surface area contributed by atoms with Gasteiger partial charge in [-0.05, 0) is 0 Å². The first-order chi connectivity index (χ1) is 12.4. The van der Waals surface area contributed by atoms with E-state index in [1.807, 2.05) is 0 Å². The molecule has 2 aromatic carbocycles. The van der Waals surface area contributed by atoms with Gasteiger partial charge in [-0.15, -0.1) is 0 Å². The minimum atomic E-state index is -0.739. The normalized spacial score (nSPS) is 13.7. The van der Waals surface area contributed by atoms with E-state index in [1.54, 1.807) is 23.2 Å². The minimum Gasteiger partial charge on any atom is -1.00 e. The van der Waals surface area contributed by atoms with Crippen molar-refractivity contribution in [2.45, 2.75) is 52.9 Å². The van der Waals surface area contributed by atoms with Crippen LogP contribution in [0.15, 0.2) is 48.6 Å². The summed E-state index contributed by atoms with van der Waals surface area (Å²) in [7, 11) is 0. The molecule has 0 bridgehead atoms. The van der Waals surface area contributed by atoms with Crippen molar-refractivity contribution in [3.05, 3.63) is 70.8 Å². The van der Waals surface area contributed by atoms with Gasteiger partial charge in [-0.3, -0.25) is 0 Å². The number of rotatable bonds is 2. The third kappa shape index (κ3) is 4.23. The summed E-state index contributed by atoms with van der Waals surface area (Å²) >= 11 is -0.739. The van der Waals surface area contributed by atoms with E-state index in [-0.39, 0.29) is 30.2 Å². The van der Waals surface area contributed by atoms with Gasteiger partial charge in [0.2, 0.25) is 0 Å². The van der Waals surface area contributed by atoms with Crippen LogP contribution in [0.3, 0.4) is 0 Å². The molecule has 3 heteroatoms. The van der Waals surface area contributed by atoms with E-state index in [1.165, 1.54) is 22.3 Å². The van der Waals surface area contributed by atoms with Gasteiger partial charge < -0.3 is 24.8 Å². The van der Waals surface area contributed by atoms with Gasteiger partial charge in [0, 0.05) is 0 Å². The molecule has 0 nitrogen and oxygen atoms in total. The molecule has 4 rings (SSSR count). The molecule has 0 aromatic heterocycles. The molecule has 0 fully saturated rings. The first kappa shape index (κ1) is 23.5. The van der Waals surface area contributed by atoms with E-state index in [0.717, 1.165) is 12.8 Å². The molecule has 28 heavy (non-hydrogen) atoms. The summed E-state index contributed by atoms with van der Waals surface area (Å²) in [5, 5.41) is 0. The zero-order valence-corrected chi connectivity index (χ0v) is 21.3. The number of fused-ring (bicyclic) bond motifs is 3. The largest absolute Gasteiger partial charge is 1.00 e. The molecule has 0 heterocycles. The number of allylic oxidation sites excluding steroid dienone is 4. The standard InChI is InChI=1S/C22H21.C3H6.2ClH.Zr/c1-22(2,3)21-14-19-17(12-16-10-6-7-11-18(16)19)13-20(21)15-8-4-5-9-15;1-3-2;;;/h4-8,10-11,14H,9,12H2,1-3H3;1-2H3;2*1H;/q;;;;+2/p-2. The first-order valence-electron chi connectivity index (χ1n) is 9.58. The second-order valence-electron chi connectivity index (χ2n) is 8.73. The number of hydrogen-bond acceptors (Lipinski definition) is 0. The van der Waals surface area contributed by atoms with Gasteiger partial charge in [-0.2, -0.15) is 0 Å². The quantitative estimate of drug-likeness (QED) is 0.469. The molecule has 0 saturated carbocycles. The Bertz CT molecular complexity index is 984. The van der Waals surface area contributed by atoms with Gasteiger partial charge in [0.15, 0.2) is 0 Å². The van der Waals surface area contributed by atoms with Crippen LogP contribution in [0.2, 0.25) is 0 Å². The number of benzene rings is 2. The zero-order valence-electron chi connectivity index (χ0n) is 17.3. The van der Waals surface area contributed by atoms with Crippen molar-refractivity contribution in [2.75, 3.05) is 0 Å². The van der Waals surface area contributed by atoms with Gasteiger partial charge in [0.05, 0.1) is 0 Å². The Morgan fingerprint density at radius 3 is 2.32 bits per heavy atom. The fourth-order valence-corrected chi connectivity index (χ4v) is 7.40. The Morgan fingerprint density at radius 1 is 1.00 bits per heavy atom. The Hall–Kier alpha value is -0.747. The van der Waals surface area contributed by atoms with Gasteiger partial charge in [0.25, 0.3) is 0 Å². The molecule has 0 N–H and O–H groups in total. The average molecular weight is 490 g/mol. The average Bonchev–Trinajstić information content (AvgIpc) is 3.20. The van der Waals surface area contributed by atoms with Crippen LogP contribution in [-0.4, -0.2) is 3.21 Å². The van der Waals surface area contributed by atoms with Crippen molar-refractivity contribution in [1.82, 2.24) is 0 Å². The Kier molecular flexibility index (Phi) is 7.52. The Morgan fingerprint density at radius 2 is 1.71 bits per heavy atom. The van der Waals surface area contributed by atoms with Crippen molar-refractivity contribution >= 4 is 12.1 Å². The third-order valence-electron chi connectivity index (χ3n) is 5.39.